The van der Waals surface area contributed by atoms with Crippen molar-refractivity contribution in [2.45, 2.75) is 19.6 Å². The Balaban J connectivity index is 2.03. The number of aromatic amines is 1. The molecule has 0 aliphatic heterocycles. The molecule has 1 aromatic carbocycles. The Bertz CT molecular complexity index is 509. The van der Waals surface area contributed by atoms with Crippen LogP contribution in [0.2, 0.25) is 0 Å². The molecular weight excluding hydrogens is 234 g/mol. The van der Waals surface area contributed by atoms with E-state index in [1.807, 2.05) is 0 Å². The van der Waals surface area contributed by atoms with Crippen LogP contribution in [0, 0.1) is 0 Å². The number of nitrogens with zero attached hydrogens (tertiary/aromatic N) is 3. The predicted molar refractivity (Wildman–Crippen MR) is 62.4 cm³/mol. The van der Waals surface area contributed by atoms with Gasteiger partial charge in [-0.2, -0.15) is 5.21 Å². The number of tetrazole rings is 1. The van der Waals surface area contributed by atoms with Crippen LogP contribution in [0.25, 0.3) is 0 Å². The molecule has 1 unspecified atom stereocenters. The number of aliphatic hydroxyl groups excluding tert-OH is 1. The van der Waals surface area contributed by atoms with Gasteiger partial charge >= 0.3 is 0 Å². The summed E-state index contributed by atoms with van der Waals surface area (Å²) < 4.78 is 0. The predicted octanol–water partition coefficient (Wildman–Crippen LogP) is 0.183. The van der Waals surface area contributed by atoms with Crippen molar-refractivity contribution in [1.29, 1.82) is 0 Å². The normalized spacial score (nSPS) is 12.1. The molecule has 1 aromatic heterocycles. The van der Waals surface area contributed by atoms with Crippen LogP contribution in [-0.2, 0) is 6.61 Å². The summed E-state index contributed by atoms with van der Waals surface area (Å²) in [6.45, 7) is 1.73. The first kappa shape index (κ1) is 12.2. The van der Waals surface area contributed by atoms with Gasteiger partial charge in [0.1, 0.15) is 0 Å². The Morgan fingerprint density at radius 1 is 1.44 bits per heavy atom. The van der Waals surface area contributed by atoms with Crippen LogP contribution >= 0.6 is 0 Å². The average molecular weight is 247 g/mol. The van der Waals surface area contributed by atoms with E-state index in [9.17, 15) is 4.79 Å². The van der Waals surface area contributed by atoms with E-state index in [1.165, 1.54) is 0 Å². The molecule has 7 heteroatoms. The number of nitrogens with one attached hydrogen (secondary N) is 2. The molecule has 0 saturated carbocycles. The van der Waals surface area contributed by atoms with Gasteiger partial charge in [0.25, 0.3) is 5.91 Å². The molecule has 0 bridgehead atoms. The van der Waals surface area contributed by atoms with Crippen LogP contribution in [0.15, 0.2) is 24.3 Å². The molecule has 1 amide bonds. The Hall–Kier alpha value is -2.28. The number of hydrogen-bond donors (Lipinski definition) is 3. The zero-order valence-corrected chi connectivity index (χ0v) is 9.79. The summed E-state index contributed by atoms with van der Waals surface area (Å²) in [5.74, 6) is 0.201. The van der Waals surface area contributed by atoms with Crippen LogP contribution in [-0.4, -0.2) is 31.6 Å². The van der Waals surface area contributed by atoms with Crippen molar-refractivity contribution in [2.24, 2.45) is 0 Å². The molecule has 1 atom stereocenters. The molecule has 0 aliphatic rings. The van der Waals surface area contributed by atoms with Crippen LogP contribution in [0.1, 0.15) is 34.7 Å². The van der Waals surface area contributed by atoms with Crippen LogP contribution in [0.5, 0.6) is 0 Å². The van der Waals surface area contributed by atoms with Gasteiger partial charge in [-0.25, -0.2) is 0 Å². The van der Waals surface area contributed by atoms with Gasteiger partial charge in [0.15, 0.2) is 5.82 Å². The van der Waals surface area contributed by atoms with Crippen LogP contribution in [0.3, 0.4) is 0 Å². The summed E-state index contributed by atoms with van der Waals surface area (Å²) >= 11 is 0. The van der Waals surface area contributed by atoms with Crippen molar-refractivity contribution in [3.05, 3.63) is 41.2 Å². The number of hydrogen-bond acceptors (Lipinski definition) is 5. The third-order valence-corrected chi connectivity index (χ3v) is 2.50. The highest BCUT2D eigenvalue weighted by atomic mass is 16.3. The largest absolute Gasteiger partial charge is 0.392 e. The van der Waals surface area contributed by atoms with Gasteiger partial charge in [0, 0.05) is 5.56 Å². The maximum absolute atomic E-state index is 11.9. The van der Waals surface area contributed by atoms with E-state index in [1.54, 1.807) is 31.2 Å². The topological polar surface area (TPSA) is 104 Å². The summed E-state index contributed by atoms with van der Waals surface area (Å²) in [6, 6.07) is 6.39. The van der Waals surface area contributed by atoms with Crippen molar-refractivity contribution in [3.63, 3.8) is 0 Å². The molecule has 18 heavy (non-hydrogen) atoms. The highest BCUT2D eigenvalue weighted by Gasteiger charge is 2.14. The fourth-order valence-electron chi connectivity index (χ4n) is 1.46. The first-order chi connectivity index (χ1) is 8.70. The average Bonchev–Trinajstić information content (AvgIpc) is 2.92. The standard InChI is InChI=1S/C11H13N5O2/c1-7(10-13-15-16-14-10)12-11(18)9-4-2-8(6-17)3-5-9/h2-5,7,17H,6H2,1H3,(H,12,18)(H,13,14,15,16). The molecule has 2 rings (SSSR count). The van der Waals surface area contributed by atoms with Gasteiger partial charge in [-0.1, -0.05) is 17.3 Å². The van der Waals surface area contributed by atoms with E-state index in [0.29, 0.717) is 11.4 Å². The summed E-state index contributed by atoms with van der Waals surface area (Å²) in [4.78, 5) is 11.9. The lowest BCUT2D eigenvalue weighted by Gasteiger charge is -2.10. The highest BCUT2D eigenvalue weighted by Crippen LogP contribution is 2.08. The van der Waals surface area contributed by atoms with Crippen molar-refractivity contribution >= 4 is 5.91 Å². The lowest BCUT2D eigenvalue weighted by Crippen LogP contribution is -2.27. The first-order valence-corrected chi connectivity index (χ1v) is 5.44. The minimum atomic E-state index is -0.325. The molecule has 1 heterocycles. The van der Waals surface area contributed by atoms with Crippen molar-refractivity contribution < 1.29 is 9.90 Å². The van der Waals surface area contributed by atoms with E-state index in [2.05, 4.69) is 25.9 Å². The van der Waals surface area contributed by atoms with Gasteiger partial charge < -0.3 is 10.4 Å². The van der Waals surface area contributed by atoms with Crippen LogP contribution in [0.4, 0.5) is 0 Å². The van der Waals surface area contributed by atoms with Crippen molar-refractivity contribution in [1.82, 2.24) is 25.9 Å². The lowest BCUT2D eigenvalue weighted by atomic mass is 10.1. The molecule has 0 fully saturated rings. The minimum absolute atomic E-state index is 0.0405. The molecule has 2 aromatic rings. The second-order valence-corrected chi connectivity index (χ2v) is 3.82. The third-order valence-electron chi connectivity index (χ3n) is 2.50. The molecule has 0 spiro atoms. The van der Waals surface area contributed by atoms with Gasteiger partial charge in [0.2, 0.25) is 0 Å². The van der Waals surface area contributed by atoms with E-state index in [0.717, 1.165) is 5.56 Å². The second-order valence-electron chi connectivity index (χ2n) is 3.82. The monoisotopic (exact) mass is 247 g/mol. The van der Waals surface area contributed by atoms with E-state index >= 15 is 0 Å². The van der Waals surface area contributed by atoms with Gasteiger partial charge in [-0.3, -0.25) is 4.79 Å². The van der Waals surface area contributed by atoms with Crippen molar-refractivity contribution in [2.75, 3.05) is 0 Å². The van der Waals surface area contributed by atoms with E-state index in [4.69, 9.17) is 5.11 Å². The van der Waals surface area contributed by atoms with Gasteiger partial charge in [-0.15, -0.1) is 10.2 Å². The quantitative estimate of drug-likeness (QED) is 0.715. The lowest BCUT2D eigenvalue weighted by molar-refractivity contribution is 0.0938. The number of H-pyrrole nitrogens is 1. The Morgan fingerprint density at radius 2 is 2.17 bits per heavy atom. The molecule has 0 saturated heterocycles. The number of aromatic nitrogens is 4. The van der Waals surface area contributed by atoms with Crippen LogP contribution < -0.4 is 5.32 Å². The van der Waals surface area contributed by atoms with E-state index in [-0.39, 0.29) is 18.6 Å². The summed E-state index contributed by atoms with van der Waals surface area (Å²) in [6.07, 6.45) is 0. The maximum Gasteiger partial charge on any atom is 0.251 e. The molecule has 3 N–H and O–H groups in total. The summed E-state index contributed by atoms with van der Waals surface area (Å²) in [5.41, 5.74) is 1.28. The zero-order chi connectivity index (χ0) is 13.0. The second kappa shape index (κ2) is 5.37. The summed E-state index contributed by atoms with van der Waals surface area (Å²) in [7, 11) is 0. The third kappa shape index (κ3) is 2.69. The van der Waals surface area contributed by atoms with Gasteiger partial charge in [0.05, 0.1) is 12.6 Å². The number of carbonyl (C=O) groups is 1. The number of carbonyl (C=O) groups excluding carboxylic acids is 1. The van der Waals surface area contributed by atoms with Crippen molar-refractivity contribution in [3.8, 4) is 0 Å². The summed E-state index contributed by atoms with van der Waals surface area (Å²) in [5, 5.41) is 25.0. The smallest absolute Gasteiger partial charge is 0.251 e. The molecular formula is C11H13N5O2. The molecule has 94 valence electrons. The Morgan fingerprint density at radius 3 is 2.72 bits per heavy atom. The number of rotatable bonds is 4. The maximum atomic E-state index is 11.9. The van der Waals surface area contributed by atoms with Gasteiger partial charge in [-0.05, 0) is 24.6 Å². The number of benzene rings is 1. The number of aliphatic hydroxyl groups is 1. The molecule has 0 radical (unpaired) electrons. The fraction of sp³-hybridized carbons (Fsp3) is 0.273. The highest BCUT2D eigenvalue weighted by molar-refractivity contribution is 5.94. The fourth-order valence-corrected chi connectivity index (χ4v) is 1.46. The Kier molecular flexibility index (Phi) is 3.63. The SMILES string of the molecule is CC(NC(=O)c1ccc(CO)cc1)c1nn[nH]n1. The minimum Gasteiger partial charge on any atom is -0.392 e. The molecule has 0 aliphatic carbocycles. The Labute approximate surface area is 103 Å². The van der Waals surface area contributed by atoms with E-state index < -0.39 is 0 Å². The molecule has 7 nitrogen and oxygen atoms in total. The number of amides is 1. The zero-order valence-electron chi connectivity index (χ0n) is 9.79. The first-order valence-electron chi connectivity index (χ1n) is 5.44.